The molecule has 108 valence electrons. The first-order chi connectivity index (χ1) is 9.17. The van der Waals surface area contributed by atoms with Crippen molar-refractivity contribution in [1.29, 1.82) is 0 Å². The summed E-state index contributed by atoms with van der Waals surface area (Å²) in [5.41, 5.74) is 1.13. The number of rotatable bonds is 7. The van der Waals surface area contributed by atoms with E-state index in [0.29, 0.717) is 19.8 Å². The number of ether oxygens (including phenoxy) is 2. The SMILES string of the molecule is CCO[P+](=O)OCC.COCc1cccc(OC)c1. The van der Waals surface area contributed by atoms with E-state index in [9.17, 15) is 4.57 Å². The third kappa shape index (κ3) is 9.56. The minimum Gasteiger partial charge on any atom is -0.497 e. The normalized spacial score (nSPS) is 9.47. The van der Waals surface area contributed by atoms with E-state index in [-0.39, 0.29) is 0 Å². The molecule has 0 amide bonds. The zero-order valence-corrected chi connectivity index (χ0v) is 12.8. The molecule has 0 aromatic heterocycles. The van der Waals surface area contributed by atoms with E-state index in [1.54, 1.807) is 28.1 Å². The topological polar surface area (TPSA) is 54.0 Å². The van der Waals surface area contributed by atoms with E-state index >= 15 is 0 Å². The summed E-state index contributed by atoms with van der Waals surface area (Å²) in [5.74, 6) is 0.875. The van der Waals surface area contributed by atoms with Gasteiger partial charge in [-0.15, -0.1) is 9.05 Å². The minimum absolute atomic E-state index is 0.440. The Morgan fingerprint density at radius 3 is 2.21 bits per heavy atom. The molecule has 19 heavy (non-hydrogen) atoms. The summed E-state index contributed by atoms with van der Waals surface area (Å²) in [4.78, 5) is 0. The highest BCUT2D eigenvalue weighted by molar-refractivity contribution is 7.33. The highest BCUT2D eigenvalue weighted by Crippen LogP contribution is 2.21. The highest BCUT2D eigenvalue weighted by Gasteiger charge is 2.15. The standard InChI is InChI=1S/C9H12O2.C4H10O3P/c1-10-7-8-4-3-5-9(6-8)11-2;1-3-6-8(5)7-4-2/h3-6H,7H2,1-2H3;3-4H2,1-2H3/q;+1. The maximum atomic E-state index is 10.3. The lowest BCUT2D eigenvalue weighted by Gasteiger charge is -2.02. The van der Waals surface area contributed by atoms with Gasteiger partial charge in [0.05, 0.1) is 13.7 Å². The molecule has 1 aromatic carbocycles. The molecule has 1 rings (SSSR count). The molecular weight excluding hydrogens is 267 g/mol. The molecule has 5 nitrogen and oxygen atoms in total. The van der Waals surface area contributed by atoms with Gasteiger partial charge in [-0.25, -0.2) is 0 Å². The first-order valence-electron chi connectivity index (χ1n) is 6.02. The van der Waals surface area contributed by atoms with Crippen molar-refractivity contribution in [2.45, 2.75) is 20.5 Å². The lowest BCUT2D eigenvalue weighted by atomic mass is 10.2. The minimum atomic E-state index is -1.83. The maximum absolute atomic E-state index is 10.3. The van der Waals surface area contributed by atoms with Gasteiger partial charge in [0.15, 0.2) is 0 Å². The van der Waals surface area contributed by atoms with Crippen LogP contribution in [-0.4, -0.2) is 27.4 Å². The number of hydrogen-bond donors (Lipinski definition) is 0. The Morgan fingerprint density at radius 1 is 1.11 bits per heavy atom. The Balaban J connectivity index is 0.000000362. The quantitative estimate of drug-likeness (QED) is 0.718. The summed E-state index contributed by atoms with van der Waals surface area (Å²) in [6, 6.07) is 7.84. The summed E-state index contributed by atoms with van der Waals surface area (Å²) in [6.07, 6.45) is 0. The molecule has 0 N–H and O–H groups in total. The van der Waals surface area contributed by atoms with Crippen LogP contribution in [0.15, 0.2) is 24.3 Å². The molecule has 0 aliphatic carbocycles. The Morgan fingerprint density at radius 2 is 1.74 bits per heavy atom. The van der Waals surface area contributed by atoms with Crippen LogP contribution in [0.2, 0.25) is 0 Å². The van der Waals surface area contributed by atoms with Crippen LogP contribution in [-0.2, 0) is 25.0 Å². The van der Waals surface area contributed by atoms with Gasteiger partial charge in [-0.1, -0.05) is 12.1 Å². The molecule has 0 bridgehead atoms. The van der Waals surface area contributed by atoms with E-state index in [0.717, 1.165) is 11.3 Å². The number of benzene rings is 1. The van der Waals surface area contributed by atoms with Crippen molar-refractivity contribution in [1.82, 2.24) is 0 Å². The largest absolute Gasteiger partial charge is 0.697 e. The molecule has 0 fully saturated rings. The van der Waals surface area contributed by atoms with Crippen LogP contribution in [0.25, 0.3) is 0 Å². The molecule has 6 heteroatoms. The molecule has 0 radical (unpaired) electrons. The van der Waals surface area contributed by atoms with Crippen molar-refractivity contribution < 1.29 is 23.1 Å². The Hall–Kier alpha value is -1.00. The van der Waals surface area contributed by atoms with Crippen molar-refractivity contribution >= 4 is 8.25 Å². The molecule has 0 aliphatic heterocycles. The highest BCUT2D eigenvalue weighted by atomic mass is 31.1. The van der Waals surface area contributed by atoms with Crippen LogP contribution in [0.3, 0.4) is 0 Å². The van der Waals surface area contributed by atoms with Crippen molar-refractivity contribution in [3.05, 3.63) is 29.8 Å². The van der Waals surface area contributed by atoms with Gasteiger partial charge in [-0.05, 0) is 31.5 Å². The van der Waals surface area contributed by atoms with Crippen LogP contribution in [0.4, 0.5) is 0 Å². The van der Waals surface area contributed by atoms with Gasteiger partial charge in [-0.2, -0.15) is 0 Å². The molecule has 0 saturated heterocycles. The van der Waals surface area contributed by atoms with Crippen molar-refractivity contribution in [2.75, 3.05) is 27.4 Å². The average Bonchev–Trinajstić information content (AvgIpc) is 2.41. The summed E-state index contributed by atoms with van der Waals surface area (Å²) < 4.78 is 29.5. The van der Waals surface area contributed by atoms with Gasteiger partial charge in [0.1, 0.15) is 19.0 Å². The van der Waals surface area contributed by atoms with Crippen molar-refractivity contribution in [3.8, 4) is 5.75 Å². The Bertz CT molecular complexity index is 349. The molecule has 0 atom stereocenters. The number of methoxy groups -OCH3 is 2. The second-order valence-electron chi connectivity index (χ2n) is 3.34. The van der Waals surface area contributed by atoms with Gasteiger partial charge in [0.2, 0.25) is 0 Å². The van der Waals surface area contributed by atoms with E-state index in [1.807, 2.05) is 24.3 Å². The molecule has 0 saturated carbocycles. The predicted molar refractivity (Wildman–Crippen MR) is 74.6 cm³/mol. The van der Waals surface area contributed by atoms with Crippen LogP contribution < -0.4 is 4.74 Å². The molecule has 0 heterocycles. The van der Waals surface area contributed by atoms with Crippen LogP contribution in [0.5, 0.6) is 5.75 Å². The second kappa shape index (κ2) is 12.1. The average molecular weight is 289 g/mol. The monoisotopic (exact) mass is 289 g/mol. The second-order valence-corrected chi connectivity index (χ2v) is 4.31. The molecule has 0 spiro atoms. The van der Waals surface area contributed by atoms with Gasteiger partial charge >= 0.3 is 8.25 Å². The van der Waals surface area contributed by atoms with E-state index in [2.05, 4.69) is 9.05 Å². The smallest absolute Gasteiger partial charge is 0.497 e. The van der Waals surface area contributed by atoms with Crippen LogP contribution in [0, 0.1) is 0 Å². The maximum Gasteiger partial charge on any atom is 0.697 e. The van der Waals surface area contributed by atoms with Crippen LogP contribution in [0.1, 0.15) is 19.4 Å². The molecule has 1 aromatic rings. The first-order valence-corrected chi connectivity index (χ1v) is 7.12. The summed E-state index contributed by atoms with van der Waals surface area (Å²) in [6.45, 7) is 5.06. The molecule has 0 aliphatic rings. The fourth-order valence-electron chi connectivity index (χ4n) is 1.18. The molecular formula is C13H22O5P+. The van der Waals surface area contributed by atoms with E-state index < -0.39 is 8.25 Å². The van der Waals surface area contributed by atoms with E-state index in [4.69, 9.17) is 9.47 Å². The van der Waals surface area contributed by atoms with Gasteiger partial charge in [0.25, 0.3) is 0 Å². The van der Waals surface area contributed by atoms with Gasteiger partial charge < -0.3 is 9.47 Å². The Labute approximate surface area is 115 Å². The summed E-state index contributed by atoms with van der Waals surface area (Å²) in [5, 5.41) is 0. The lowest BCUT2D eigenvalue weighted by Crippen LogP contribution is -1.88. The third-order valence-electron chi connectivity index (χ3n) is 1.91. The zero-order chi connectivity index (χ0) is 14.5. The van der Waals surface area contributed by atoms with Gasteiger partial charge in [0, 0.05) is 11.7 Å². The van der Waals surface area contributed by atoms with Crippen LogP contribution >= 0.6 is 8.25 Å². The lowest BCUT2D eigenvalue weighted by molar-refractivity contribution is 0.184. The summed E-state index contributed by atoms with van der Waals surface area (Å²) in [7, 11) is 1.51. The fourth-order valence-corrected chi connectivity index (χ4v) is 1.67. The Kier molecular flexibility index (Phi) is 11.4. The third-order valence-corrected chi connectivity index (χ3v) is 2.85. The predicted octanol–water partition coefficient (Wildman–Crippen LogP) is 3.56. The first kappa shape index (κ1) is 18.0. The van der Waals surface area contributed by atoms with E-state index in [1.165, 1.54) is 0 Å². The molecule has 0 unspecified atom stereocenters. The van der Waals surface area contributed by atoms with Gasteiger partial charge in [-0.3, -0.25) is 0 Å². The zero-order valence-electron chi connectivity index (χ0n) is 11.9. The number of hydrogen-bond acceptors (Lipinski definition) is 5. The summed E-state index contributed by atoms with van der Waals surface area (Å²) >= 11 is 0. The van der Waals surface area contributed by atoms with Crippen molar-refractivity contribution in [2.24, 2.45) is 0 Å². The fraction of sp³-hybridized carbons (Fsp3) is 0.538. The van der Waals surface area contributed by atoms with Crippen molar-refractivity contribution in [3.63, 3.8) is 0 Å².